The predicted octanol–water partition coefficient (Wildman–Crippen LogP) is 12.6. The molecule has 254 valence electrons. The van der Waals surface area contributed by atoms with Gasteiger partial charge in [0.1, 0.15) is 0 Å². The van der Waals surface area contributed by atoms with E-state index in [2.05, 4.69) is 145 Å². The van der Waals surface area contributed by atoms with Crippen molar-refractivity contribution in [1.29, 1.82) is 0 Å². The number of rotatable bonds is 6. The molecular formula is C42H64Cl2SiZr. The van der Waals surface area contributed by atoms with Crippen molar-refractivity contribution in [1.82, 2.24) is 0 Å². The van der Waals surface area contributed by atoms with Crippen molar-refractivity contribution in [2.24, 2.45) is 39.4 Å². The van der Waals surface area contributed by atoms with Gasteiger partial charge in [-0.3, -0.25) is 0 Å². The quantitative estimate of drug-likeness (QED) is 0.254. The van der Waals surface area contributed by atoms with Gasteiger partial charge in [0.15, 0.2) is 0 Å². The van der Waals surface area contributed by atoms with E-state index in [1.807, 2.05) is 8.85 Å². The minimum atomic E-state index is -4.04. The molecule has 1 fully saturated rings. The third-order valence-electron chi connectivity index (χ3n) is 16.0. The van der Waals surface area contributed by atoms with Crippen LogP contribution in [0.2, 0.25) is 11.4 Å². The molecule has 1 aromatic carbocycles. The zero-order valence-corrected chi connectivity index (χ0v) is 36.7. The average Bonchev–Trinajstić information content (AvgIpc) is 3.60. The monoisotopic (exact) mass is 756 g/mol. The number of hydrogen-bond donors (Lipinski definition) is 0. The van der Waals surface area contributed by atoms with Crippen molar-refractivity contribution < 1.29 is 17.4 Å². The van der Waals surface area contributed by atoms with E-state index in [0.717, 1.165) is 6.42 Å². The van der Waals surface area contributed by atoms with Crippen LogP contribution in [0.5, 0.6) is 0 Å². The molecule has 0 bridgehead atoms. The summed E-state index contributed by atoms with van der Waals surface area (Å²) in [5, 5.41) is 0. The van der Waals surface area contributed by atoms with Gasteiger partial charge >= 0.3 is 275 Å². The Labute approximate surface area is 297 Å². The molecule has 0 N–H and O–H groups in total. The molecular weight excluding hydrogens is 695 g/mol. The standard InChI is InChI=1S/C29H37.C5H5.2C4H9.2ClH.H2Si.Zr/c1-18-25-22-17-19-13-9-10-14-20(19)24(22)21-15-11-12-16-23(21)29(25,8)28(6,7)27(4,5)26(18,2)3;1-2-4-5-3-1;2*1-4(2)3;;;;/h9-11,13-15,23H,12,16-17H2,1-8H3;1-3H,4H2;2*4H,1H2,2-3H3;2*1H;1H2;. The molecule has 3 atom stereocenters. The van der Waals surface area contributed by atoms with Crippen LogP contribution < -0.4 is 0 Å². The topological polar surface area (TPSA) is 0 Å². The molecule has 3 unspecified atom stereocenters. The second kappa shape index (κ2) is 11.8. The Balaban J connectivity index is 0.00000240. The summed E-state index contributed by atoms with van der Waals surface area (Å²) in [6.45, 7) is 34.9. The van der Waals surface area contributed by atoms with Crippen molar-refractivity contribution >= 4 is 37.3 Å². The van der Waals surface area contributed by atoms with Crippen LogP contribution in [0.4, 0.5) is 0 Å². The van der Waals surface area contributed by atoms with Gasteiger partial charge in [0.05, 0.1) is 0 Å². The van der Waals surface area contributed by atoms with E-state index >= 15 is 0 Å². The summed E-state index contributed by atoms with van der Waals surface area (Å²) in [5.41, 5.74) is 10.5. The van der Waals surface area contributed by atoms with Crippen molar-refractivity contribution in [2.75, 3.05) is 0 Å². The Morgan fingerprint density at radius 1 is 0.826 bits per heavy atom. The Hall–Kier alpha value is -0.400. The Morgan fingerprint density at radius 3 is 2.00 bits per heavy atom. The van der Waals surface area contributed by atoms with Crippen molar-refractivity contribution in [3.8, 4) is 0 Å². The molecule has 0 heterocycles. The van der Waals surface area contributed by atoms with Gasteiger partial charge in [-0.15, -0.1) is 24.8 Å². The normalized spacial score (nSPS) is 30.3. The first kappa shape index (κ1) is 38.4. The van der Waals surface area contributed by atoms with Gasteiger partial charge in [-0.2, -0.15) is 0 Å². The molecule has 4 heteroatoms. The van der Waals surface area contributed by atoms with Gasteiger partial charge in [-0.05, 0) is 0 Å². The summed E-state index contributed by atoms with van der Waals surface area (Å²) in [6, 6.07) is 9.49. The first-order valence-electron chi connectivity index (χ1n) is 18.0. The first-order chi connectivity index (χ1) is 20.3. The van der Waals surface area contributed by atoms with Crippen LogP contribution in [0.15, 0.2) is 74.6 Å². The third-order valence-corrected chi connectivity index (χ3v) is 48.7. The van der Waals surface area contributed by atoms with Gasteiger partial charge in [-0.25, -0.2) is 0 Å². The maximum atomic E-state index is 2.91. The van der Waals surface area contributed by atoms with Gasteiger partial charge in [0.25, 0.3) is 0 Å². The Kier molecular flexibility index (Phi) is 9.89. The van der Waals surface area contributed by atoms with E-state index in [9.17, 15) is 0 Å². The van der Waals surface area contributed by atoms with Crippen LogP contribution in [0, 0.1) is 39.4 Å². The van der Waals surface area contributed by atoms with Gasteiger partial charge in [0, 0.05) is 0 Å². The van der Waals surface area contributed by atoms with E-state index < -0.39 is 17.4 Å². The van der Waals surface area contributed by atoms with Crippen LogP contribution in [0.1, 0.15) is 113 Å². The SMILES string of the molecule is CC(C)[CH2][Zr](=[SiH2])([CH2]C(C)C)([C]1=CC=CC1)[C]1(C)C2=C3Cc4ccccc4C3=C3C=CCCC3C2(C)C(C)(C)C(C)(C)C1(C)C.Cl.Cl. The maximum absolute atomic E-state index is 4.04. The molecule has 0 nitrogen and oxygen atoms in total. The fourth-order valence-corrected chi connectivity index (χ4v) is 50.4. The maximum Gasteiger partial charge on any atom is -0.147 e. The molecule has 0 aliphatic heterocycles. The number of hydrogen-bond acceptors (Lipinski definition) is 0. The first-order valence-corrected chi connectivity index (χ1v) is 29.8. The number of fused-ring (bicyclic) bond motifs is 6. The van der Waals surface area contributed by atoms with Gasteiger partial charge in [-0.1, -0.05) is 0 Å². The minimum absolute atomic E-state index is 0. The van der Waals surface area contributed by atoms with E-state index in [1.165, 1.54) is 33.1 Å². The number of halogens is 2. The Bertz CT molecular complexity index is 1630. The zero-order valence-electron chi connectivity index (χ0n) is 31.2. The average molecular weight is 759 g/mol. The molecule has 0 amide bonds. The molecule has 46 heavy (non-hydrogen) atoms. The fraction of sp³-hybridized carbons (Fsp3) is 0.619. The summed E-state index contributed by atoms with van der Waals surface area (Å²) in [6.07, 6.45) is 17.5. The van der Waals surface area contributed by atoms with E-state index in [1.54, 1.807) is 22.3 Å². The predicted molar refractivity (Wildman–Crippen MR) is 208 cm³/mol. The van der Waals surface area contributed by atoms with Crippen molar-refractivity contribution in [2.45, 2.75) is 120 Å². The van der Waals surface area contributed by atoms with E-state index in [0.29, 0.717) is 17.8 Å². The molecule has 0 spiro atoms. The zero-order chi connectivity index (χ0) is 32.3. The molecule has 5 aliphatic carbocycles. The summed E-state index contributed by atoms with van der Waals surface area (Å²) in [5.74, 6) is 1.93. The molecule has 1 aromatic rings. The molecule has 1 saturated carbocycles. The second-order valence-electron chi connectivity index (χ2n) is 18.7. The summed E-state index contributed by atoms with van der Waals surface area (Å²) in [7, 11) is 0. The van der Waals surface area contributed by atoms with Crippen LogP contribution in [0.3, 0.4) is 0 Å². The number of benzene rings is 1. The summed E-state index contributed by atoms with van der Waals surface area (Å²) in [4.78, 5) is 0. The van der Waals surface area contributed by atoms with Crippen molar-refractivity contribution in [3.05, 3.63) is 85.8 Å². The minimum Gasteiger partial charge on any atom is -0.147 e. The smallest absolute Gasteiger partial charge is 0.147 e. The molecule has 0 radical (unpaired) electrons. The Morgan fingerprint density at radius 2 is 1.43 bits per heavy atom. The van der Waals surface area contributed by atoms with Crippen LogP contribution in [-0.2, 0) is 23.8 Å². The molecule has 0 saturated heterocycles. The fourth-order valence-electron chi connectivity index (χ4n) is 13.1. The molecule has 6 rings (SSSR count). The largest absolute Gasteiger partial charge is 0.147 e. The van der Waals surface area contributed by atoms with Crippen LogP contribution in [-0.4, -0.2) is 6.88 Å². The third kappa shape index (κ3) is 4.37. The molecule has 0 aromatic heterocycles. The van der Waals surface area contributed by atoms with Gasteiger partial charge in [0.2, 0.25) is 0 Å². The van der Waals surface area contributed by atoms with Gasteiger partial charge < -0.3 is 0 Å². The van der Waals surface area contributed by atoms with E-state index in [-0.39, 0.29) is 49.6 Å². The summed E-state index contributed by atoms with van der Waals surface area (Å²) >= 11 is -4.04. The van der Waals surface area contributed by atoms with E-state index in [4.69, 9.17) is 0 Å². The van der Waals surface area contributed by atoms with Crippen LogP contribution >= 0.6 is 24.8 Å². The van der Waals surface area contributed by atoms with Crippen molar-refractivity contribution in [3.63, 3.8) is 0 Å². The second-order valence-corrected chi connectivity index (χ2v) is 44.4. The molecule has 5 aliphatic rings. The number of allylic oxidation sites excluding steroid dienone is 10. The van der Waals surface area contributed by atoms with Crippen LogP contribution in [0.25, 0.3) is 5.57 Å². The summed E-state index contributed by atoms with van der Waals surface area (Å²) < 4.78 is 4.89.